The van der Waals surface area contributed by atoms with E-state index < -0.39 is 12.0 Å². The van der Waals surface area contributed by atoms with Crippen LogP contribution in [-0.2, 0) is 9.53 Å². The molecule has 0 unspecified atom stereocenters. The van der Waals surface area contributed by atoms with Gasteiger partial charge in [0.05, 0.1) is 29.5 Å². The Morgan fingerprint density at radius 1 is 1.10 bits per heavy atom. The molecule has 9 heteroatoms. The van der Waals surface area contributed by atoms with Crippen molar-refractivity contribution in [3.05, 3.63) is 109 Å². The van der Waals surface area contributed by atoms with Gasteiger partial charge < -0.3 is 13.9 Å². The van der Waals surface area contributed by atoms with Gasteiger partial charge in [0.2, 0.25) is 0 Å². The van der Waals surface area contributed by atoms with E-state index in [1.807, 2.05) is 36.4 Å². The van der Waals surface area contributed by atoms with E-state index in [9.17, 15) is 14.4 Å². The van der Waals surface area contributed by atoms with E-state index in [1.54, 1.807) is 51.3 Å². The van der Waals surface area contributed by atoms with Gasteiger partial charge >= 0.3 is 5.97 Å². The van der Waals surface area contributed by atoms with Gasteiger partial charge in [0, 0.05) is 22.8 Å². The quantitative estimate of drug-likeness (QED) is 0.255. The Labute approximate surface area is 228 Å². The van der Waals surface area contributed by atoms with Crippen molar-refractivity contribution in [3.8, 4) is 17.1 Å². The minimum atomic E-state index is -0.773. The van der Waals surface area contributed by atoms with Crippen LogP contribution in [0.1, 0.15) is 48.5 Å². The molecule has 0 saturated carbocycles. The topological polar surface area (TPSA) is 100 Å². The fraction of sp³-hybridized carbons (Fsp3) is 0.200. The number of furan rings is 1. The number of allylic oxidation sites excluding steroid dienone is 1. The predicted molar refractivity (Wildman–Crippen MR) is 148 cm³/mol. The second-order valence-corrected chi connectivity index (χ2v) is 9.89. The second-order valence-electron chi connectivity index (χ2n) is 8.88. The zero-order valence-electron chi connectivity index (χ0n) is 21.9. The zero-order chi connectivity index (χ0) is 27.7. The summed E-state index contributed by atoms with van der Waals surface area (Å²) in [5.41, 5.74) is 2.54. The highest BCUT2D eigenvalue weighted by Gasteiger charge is 2.35. The number of carbonyl (C=O) groups is 2. The van der Waals surface area contributed by atoms with E-state index in [-0.39, 0.29) is 23.5 Å². The van der Waals surface area contributed by atoms with Crippen LogP contribution in [0.5, 0.6) is 5.75 Å². The Morgan fingerprint density at radius 3 is 2.54 bits per heavy atom. The number of carbonyl (C=O) groups excluding carboxylic acids is 2. The summed E-state index contributed by atoms with van der Waals surface area (Å²) in [7, 11) is 1.55. The van der Waals surface area contributed by atoms with Crippen LogP contribution in [0.2, 0.25) is 0 Å². The van der Waals surface area contributed by atoms with Crippen molar-refractivity contribution in [2.75, 3.05) is 13.7 Å². The van der Waals surface area contributed by atoms with Gasteiger partial charge in [0.25, 0.3) is 5.56 Å². The molecule has 0 aliphatic carbocycles. The highest BCUT2D eigenvalue weighted by Crippen LogP contribution is 2.35. The van der Waals surface area contributed by atoms with Gasteiger partial charge in [-0.3, -0.25) is 14.2 Å². The number of Topliss-reactive ketones (excluding diaryl/α,β-unsaturated/α-hetero) is 1. The van der Waals surface area contributed by atoms with Crippen molar-refractivity contribution in [3.63, 3.8) is 0 Å². The lowest BCUT2D eigenvalue weighted by atomic mass is 9.95. The van der Waals surface area contributed by atoms with Crippen molar-refractivity contribution in [2.24, 2.45) is 4.99 Å². The Hall–Kier alpha value is -4.50. The Balaban J connectivity index is 1.62. The monoisotopic (exact) mass is 542 g/mol. The molecule has 198 valence electrons. The molecular formula is C30H26N2O6S. The molecule has 1 aliphatic rings. The maximum atomic E-state index is 13.8. The average Bonchev–Trinajstić information content (AvgIpc) is 3.52. The highest BCUT2D eigenvalue weighted by atomic mass is 32.1. The normalized spacial score (nSPS) is 15.1. The first-order chi connectivity index (χ1) is 18.8. The minimum Gasteiger partial charge on any atom is -0.496 e. The number of methoxy groups -OCH3 is 1. The summed E-state index contributed by atoms with van der Waals surface area (Å²) in [6.07, 6.45) is 1.67. The smallest absolute Gasteiger partial charge is 0.338 e. The number of esters is 1. The van der Waals surface area contributed by atoms with E-state index in [4.69, 9.17) is 13.9 Å². The molecule has 0 fully saturated rings. The van der Waals surface area contributed by atoms with Crippen LogP contribution in [0.4, 0.5) is 0 Å². The molecule has 5 rings (SSSR count). The van der Waals surface area contributed by atoms with Gasteiger partial charge in [-0.15, -0.1) is 0 Å². The lowest BCUT2D eigenvalue weighted by molar-refractivity contribution is -0.139. The van der Waals surface area contributed by atoms with E-state index in [2.05, 4.69) is 4.99 Å². The number of benzene rings is 2. The van der Waals surface area contributed by atoms with Crippen molar-refractivity contribution in [1.29, 1.82) is 0 Å². The van der Waals surface area contributed by atoms with Gasteiger partial charge in [-0.2, -0.15) is 0 Å². The van der Waals surface area contributed by atoms with Crippen LogP contribution in [0.3, 0.4) is 0 Å². The number of ketones is 1. The van der Waals surface area contributed by atoms with Gasteiger partial charge in [0.15, 0.2) is 10.6 Å². The van der Waals surface area contributed by atoms with E-state index >= 15 is 0 Å². The molecule has 0 amide bonds. The standard InChI is InChI=1S/C30H26N2O6S/c1-5-37-29(35)26-17(2)31-30-32(27(26)22-8-6-7-9-24(22)36-4)28(34)25(39-30)16-21-14-15-23(38-21)20-12-10-19(11-13-20)18(3)33/h6-16,27H,5H2,1-4H3/b25-16-/t27-/m1/s1. The summed E-state index contributed by atoms with van der Waals surface area (Å²) >= 11 is 1.21. The molecule has 39 heavy (non-hydrogen) atoms. The summed E-state index contributed by atoms with van der Waals surface area (Å²) in [5.74, 6) is 1.10. The van der Waals surface area contributed by atoms with E-state index in [0.29, 0.717) is 43.4 Å². The second kappa shape index (κ2) is 10.7. The molecular weight excluding hydrogens is 516 g/mol. The third-order valence-electron chi connectivity index (χ3n) is 6.43. The number of thiazole rings is 1. The zero-order valence-corrected chi connectivity index (χ0v) is 22.7. The fourth-order valence-electron chi connectivity index (χ4n) is 4.56. The average molecular weight is 543 g/mol. The van der Waals surface area contributed by atoms with Crippen LogP contribution in [0.25, 0.3) is 17.4 Å². The van der Waals surface area contributed by atoms with Gasteiger partial charge in [-0.1, -0.05) is 53.8 Å². The van der Waals surface area contributed by atoms with Crippen molar-refractivity contribution >= 4 is 29.2 Å². The number of hydrogen-bond donors (Lipinski definition) is 0. The molecule has 8 nitrogen and oxygen atoms in total. The molecule has 3 heterocycles. The van der Waals surface area contributed by atoms with Crippen LogP contribution in [0.15, 0.2) is 86.1 Å². The number of rotatable bonds is 7. The lowest BCUT2D eigenvalue weighted by Gasteiger charge is -2.25. The molecule has 0 spiro atoms. The van der Waals surface area contributed by atoms with Gasteiger partial charge in [0.1, 0.15) is 23.3 Å². The van der Waals surface area contributed by atoms with Crippen LogP contribution in [0, 0.1) is 0 Å². The minimum absolute atomic E-state index is 0.00941. The summed E-state index contributed by atoms with van der Waals surface area (Å²) < 4.78 is 18.9. The first-order valence-electron chi connectivity index (χ1n) is 12.4. The van der Waals surface area contributed by atoms with E-state index in [0.717, 1.165) is 5.56 Å². The van der Waals surface area contributed by atoms with Crippen LogP contribution < -0.4 is 19.6 Å². The first kappa shape index (κ1) is 26.1. The number of aromatic nitrogens is 1. The number of fused-ring (bicyclic) bond motifs is 1. The lowest BCUT2D eigenvalue weighted by Crippen LogP contribution is -2.40. The first-order valence-corrected chi connectivity index (χ1v) is 13.2. The number of nitrogens with zero attached hydrogens (tertiary/aromatic N) is 2. The molecule has 2 aromatic heterocycles. The fourth-order valence-corrected chi connectivity index (χ4v) is 5.59. The predicted octanol–water partition coefficient (Wildman–Crippen LogP) is 4.27. The van der Waals surface area contributed by atoms with Crippen molar-refractivity contribution < 1.29 is 23.5 Å². The molecule has 4 aromatic rings. The molecule has 0 N–H and O–H groups in total. The van der Waals surface area contributed by atoms with Crippen molar-refractivity contribution in [1.82, 2.24) is 4.57 Å². The molecule has 1 atom stereocenters. The summed E-state index contributed by atoms with van der Waals surface area (Å²) in [5, 5.41) is 0. The maximum Gasteiger partial charge on any atom is 0.338 e. The van der Waals surface area contributed by atoms with Crippen LogP contribution >= 0.6 is 11.3 Å². The molecule has 0 saturated heterocycles. The molecule has 0 radical (unpaired) electrons. The third-order valence-corrected chi connectivity index (χ3v) is 7.41. The Kier molecular flexibility index (Phi) is 7.17. The number of para-hydroxylation sites is 1. The molecule has 1 aliphatic heterocycles. The summed E-state index contributed by atoms with van der Waals surface area (Å²) in [6.45, 7) is 5.18. The van der Waals surface area contributed by atoms with Gasteiger partial charge in [-0.05, 0) is 39.0 Å². The number of ether oxygens (including phenoxy) is 2. The highest BCUT2D eigenvalue weighted by molar-refractivity contribution is 7.07. The Bertz CT molecular complexity index is 1790. The maximum absolute atomic E-state index is 13.8. The van der Waals surface area contributed by atoms with E-state index in [1.165, 1.54) is 22.8 Å². The Morgan fingerprint density at radius 2 is 1.85 bits per heavy atom. The van der Waals surface area contributed by atoms with Gasteiger partial charge in [-0.25, -0.2) is 9.79 Å². The largest absolute Gasteiger partial charge is 0.496 e. The van der Waals surface area contributed by atoms with Crippen molar-refractivity contribution in [2.45, 2.75) is 26.8 Å². The molecule has 0 bridgehead atoms. The third kappa shape index (κ3) is 4.88. The SMILES string of the molecule is CCOC(=O)C1=C(C)N=c2s/c(=C\c3ccc(-c4ccc(C(C)=O)cc4)o3)c(=O)n2[C@@H]1c1ccccc1OC. The summed E-state index contributed by atoms with van der Waals surface area (Å²) in [6, 6.07) is 17.2. The summed E-state index contributed by atoms with van der Waals surface area (Å²) in [4.78, 5) is 43.5. The van der Waals surface area contributed by atoms with Crippen LogP contribution in [-0.4, -0.2) is 30.0 Å². The molecule has 2 aromatic carbocycles. The number of hydrogen-bond acceptors (Lipinski definition) is 8.